The number of rotatable bonds is 3. The van der Waals surface area contributed by atoms with Gasteiger partial charge in [-0.25, -0.2) is 0 Å². The number of nitrogens with zero attached hydrogens (tertiary/aromatic N) is 5. The molecule has 0 aliphatic carbocycles. The largest absolute Gasteiger partial charge is 0.337 e. The van der Waals surface area contributed by atoms with Crippen LogP contribution in [-0.2, 0) is 13.5 Å². The van der Waals surface area contributed by atoms with Gasteiger partial charge in [0.1, 0.15) is 6.04 Å². The molecule has 1 aliphatic rings. The summed E-state index contributed by atoms with van der Waals surface area (Å²) in [6, 6.07) is -0.126. The highest BCUT2D eigenvalue weighted by Crippen LogP contribution is 2.31. The van der Waals surface area contributed by atoms with Crippen LogP contribution in [0, 0.1) is 0 Å². The molecule has 7 heteroatoms. The lowest BCUT2D eigenvalue weighted by atomic mass is 10.0. The first kappa shape index (κ1) is 13.8. The number of aryl methyl sites for hydroxylation is 2. The molecule has 0 radical (unpaired) electrons. The highest BCUT2D eigenvalue weighted by atomic mass is 16.5. The van der Waals surface area contributed by atoms with Gasteiger partial charge in [-0.05, 0) is 19.3 Å². The van der Waals surface area contributed by atoms with E-state index in [1.165, 1.54) is 0 Å². The lowest BCUT2D eigenvalue weighted by molar-refractivity contribution is 0.0561. The average Bonchev–Trinajstić information content (AvgIpc) is 3.15. The second-order valence-electron chi connectivity index (χ2n) is 5.32. The standard InChI is InChI=1S/C14H19N5O2/c1-3-12-16-13(21-17-12)11-6-4-5-7-19(11)14(20)10-8-15-18(2)9-10/h8-9,11H,3-7H2,1-2H3. The number of aromatic nitrogens is 4. The van der Waals surface area contributed by atoms with Gasteiger partial charge in [0.15, 0.2) is 5.82 Å². The number of amides is 1. The molecular weight excluding hydrogens is 270 g/mol. The molecule has 0 saturated carbocycles. The number of piperidine rings is 1. The molecule has 1 saturated heterocycles. The zero-order valence-electron chi connectivity index (χ0n) is 12.3. The van der Waals surface area contributed by atoms with Gasteiger partial charge in [0.05, 0.1) is 11.8 Å². The summed E-state index contributed by atoms with van der Waals surface area (Å²) < 4.78 is 6.97. The Labute approximate surface area is 122 Å². The van der Waals surface area contributed by atoms with E-state index in [1.807, 2.05) is 11.8 Å². The molecule has 2 aromatic rings. The molecule has 1 amide bonds. The van der Waals surface area contributed by atoms with E-state index < -0.39 is 0 Å². The minimum absolute atomic E-state index is 0.0240. The minimum Gasteiger partial charge on any atom is -0.337 e. The SMILES string of the molecule is CCc1noc(C2CCCCN2C(=O)c2cnn(C)c2)n1. The molecule has 0 spiro atoms. The lowest BCUT2D eigenvalue weighted by Crippen LogP contribution is -2.38. The Kier molecular flexibility index (Phi) is 3.72. The fourth-order valence-corrected chi connectivity index (χ4v) is 2.68. The molecular formula is C14H19N5O2. The Morgan fingerprint density at radius 3 is 3.00 bits per heavy atom. The van der Waals surface area contributed by atoms with Gasteiger partial charge in [-0.3, -0.25) is 9.48 Å². The van der Waals surface area contributed by atoms with Crippen molar-refractivity contribution < 1.29 is 9.32 Å². The van der Waals surface area contributed by atoms with Crippen molar-refractivity contribution in [2.75, 3.05) is 6.54 Å². The maximum absolute atomic E-state index is 12.7. The van der Waals surface area contributed by atoms with E-state index in [9.17, 15) is 4.79 Å². The first-order valence-electron chi connectivity index (χ1n) is 7.31. The van der Waals surface area contributed by atoms with Crippen molar-refractivity contribution in [1.82, 2.24) is 24.8 Å². The van der Waals surface area contributed by atoms with Crippen LogP contribution in [0.15, 0.2) is 16.9 Å². The maximum Gasteiger partial charge on any atom is 0.257 e. The van der Waals surface area contributed by atoms with E-state index in [4.69, 9.17) is 4.52 Å². The summed E-state index contributed by atoms with van der Waals surface area (Å²) in [5.41, 5.74) is 0.597. The molecule has 1 unspecified atom stereocenters. The van der Waals surface area contributed by atoms with E-state index in [2.05, 4.69) is 15.2 Å². The third kappa shape index (κ3) is 2.68. The fraction of sp³-hybridized carbons (Fsp3) is 0.571. The van der Waals surface area contributed by atoms with Crippen molar-refractivity contribution in [2.45, 2.75) is 38.6 Å². The second-order valence-corrected chi connectivity index (χ2v) is 5.32. The Morgan fingerprint density at radius 1 is 1.48 bits per heavy atom. The molecule has 1 fully saturated rings. The van der Waals surface area contributed by atoms with Gasteiger partial charge < -0.3 is 9.42 Å². The third-order valence-electron chi connectivity index (χ3n) is 3.80. The van der Waals surface area contributed by atoms with Crippen molar-refractivity contribution in [3.05, 3.63) is 29.7 Å². The summed E-state index contributed by atoms with van der Waals surface area (Å²) in [6.45, 7) is 2.69. The van der Waals surface area contributed by atoms with Crippen molar-refractivity contribution in [3.8, 4) is 0 Å². The monoisotopic (exact) mass is 289 g/mol. The first-order chi connectivity index (χ1) is 10.2. The number of carbonyl (C=O) groups excluding carboxylic acids is 1. The average molecular weight is 289 g/mol. The fourth-order valence-electron chi connectivity index (χ4n) is 2.68. The van der Waals surface area contributed by atoms with Crippen LogP contribution in [0.5, 0.6) is 0 Å². The zero-order valence-corrected chi connectivity index (χ0v) is 12.3. The van der Waals surface area contributed by atoms with Crippen LogP contribution < -0.4 is 0 Å². The van der Waals surface area contributed by atoms with Crippen molar-refractivity contribution in [2.24, 2.45) is 7.05 Å². The highest BCUT2D eigenvalue weighted by molar-refractivity contribution is 5.94. The van der Waals surface area contributed by atoms with Crippen LogP contribution in [0.2, 0.25) is 0 Å². The molecule has 1 atom stereocenters. The van der Waals surface area contributed by atoms with Gasteiger partial charge in [-0.15, -0.1) is 0 Å². The van der Waals surface area contributed by atoms with E-state index in [1.54, 1.807) is 24.1 Å². The van der Waals surface area contributed by atoms with Gasteiger partial charge in [0, 0.05) is 26.2 Å². The predicted molar refractivity (Wildman–Crippen MR) is 74.5 cm³/mol. The normalized spacial score (nSPS) is 19.0. The summed E-state index contributed by atoms with van der Waals surface area (Å²) in [5.74, 6) is 1.21. The Hall–Kier alpha value is -2.18. The lowest BCUT2D eigenvalue weighted by Gasteiger charge is -2.33. The topological polar surface area (TPSA) is 77.0 Å². The molecule has 3 rings (SSSR count). The highest BCUT2D eigenvalue weighted by Gasteiger charge is 2.32. The molecule has 0 bridgehead atoms. The Morgan fingerprint density at radius 2 is 2.33 bits per heavy atom. The van der Waals surface area contributed by atoms with Crippen LogP contribution >= 0.6 is 0 Å². The smallest absolute Gasteiger partial charge is 0.257 e. The van der Waals surface area contributed by atoms with Crippen LogP contribution in [0.1, 0.15) is 54.3 Å². The molecule has 1 aliphatic heterocycles. The number of carbonyl (C=O) groups is 1. The Balaban J connectivity index is 1.85. The van der Waals surface area contributed by atoms with Crippen LogP contribution in [0.3, 0.4) is 0 Å². The van der Waals surface area contributed by atoms with Gasteiger partial charge in [-0.1, -0.05) is 12.1 Å². The third-order valence-corrected chi connectivity index (χ3v) is 3.80. The van der Waals surface area contributed by atoms with Gasteiger partial charge in [0.2, 0.25) is 5.89 Å². The number of likely N-dealkylation sites (tertiary alicyclic amines) is 1. The quantitative estimate of drug-likeness (QED) is 0.860. The molecule has 0 N–H and O–H groups in total. The maximum atomic E-state index is 12.7. The van der Waals surface area contributed by atoms with Crippen molar-refractivity contribution >= 4 is 5.91 Å². The van der Waals surface area contributed by atoms with E-state index in [0.29, 0.717) is 23.8 Å². The van der Waals surface area contributed by atoms with E-state index in [0.717, 1.165) is 25.7 Å². The second kappa shape index (κ2) is 5.67. The van der Waals surface area contributed by atoms with Gasteiger partial charge in [0.25, 0.3) is 5.91 Å². The summed E-state index contributed by atoms with van der Waals surface area (Å²) in [4.78, 5) is 18.9. The van der Waals surface area contributed by atoms with Crippen molar-refractivity contribution in [3.63, 3.8) is 0 Å². The molecule has 3 heterocycles. The van der Waals surface area contributed by atoms with Gasteiger partial charge in [-0.2, -0.15) is 10.1 Å². The summed E-state index contributed by atoms with van der Waals surface area (Å²) in [7, 11) is 1.80. The predicted octanol–water partition coefficient (Wildman–Crippen LogP) is 1.73. The molecule has 7 nitrogen and oxygen atoms in total. The van der Waals surface area contributed by atoms with E-state index >= 15 is 0 Å². The number of hydrogen-bond acceptors (Lipinski definition) is 5. The van der Waals surface area contributed by atoms with Crippen molar-refractivity contribution in [1.29, 1.82) is 0 Å². The summed E-state index contributed by atoms with van der Waals surface area (Å²) >= 11 is 0. The van der Waals surface area contributed by atoms with E-state index in [-0.39, 0.29) is 11.9 Å². The Bertz CT molecular complexity index is 633. The summed E-state index contributed by atoms with van der Waals surface area (Å²) in [6.07, 6.45) is 6.98. The zero-order chi connectivity index (χ0) is 14.8. The van der Waals surface area contributed by atoms with Crippen LogP contribution in [0.4, 0.5) is 0 Å². The molecule has 21 heavy (non-hydrogen) atoms. The van der Waals surface area contributed by atoms with Gasteiger partial charge >= 0.3 is 0 Å². The molecule has 0 aromatic carbocycles. The summed E-state index contributed by atoms with van der Waals surface area (Å²) in [5, 5.41) is 8.01. The van der Waals surface area contributed by atoms with Crippen LogP contribution in [0.25, 0.3) is 0 Å². The molecule has 112 valence electrons. The molecule has 2 aromatic heterocycles. The number of hydrogen-bond donors (Lipinski definition) is 0. The minimum atomic E-state index is -0.126. The first-order valence-corrected chi connectivity index (χ1v) is 7.31. The van der Waals surface area contributed by atoms with Crippen LogP contribution in [-0.4, -0.2) is 37.3 Å².